The first-order chi connectivity index (χ1) is 21.4. The van der Waals surface area contributed by atoms with Crippen LogP contribution in [0.1, 0.15) is 26.7 Å². The number of aromatic nitrogens is 1. The zero-order valence-corrected chi connectivity index (χ0v) is 24.1. The normalized spacial score (nSPS) is 11.7. The van der Waals surface area contributed by atoms with Crippen LogP contribution < -0.4 is 16.0 Å². The molecule has 5 aromatic rings. The molecule has 7 nitrogen and oxygen atoms in total. The largest absolute Gasteiger partial charge is 0.325 e. The summed E-state index contributed by atoms with van der Waals surface area (Å²) < 4.78 is 13.4. The van der Waals surface area contributed by atoms with Crippen LogP contribution in [-0.2, 0) is 9.59 Å². The van der Waals surface area contributed by atoms with Crippen molar-refractivity contribution in [3.05, 3.63) is 162 Å². The van der Waals surface area contributed by atoms with Crippen molar-refractivity contribution in [1.29, 1.82) is 0 Å². The van der Waals surface area contributed by atoms with Crippen LogP contribution in [0.3, 0.4) is 0 Å². The third-order valence-electron chi connectivity index (χ3n) is 6.32. The van der Waals surface area contributed by atoms with Gasteiger partial charge in [0, 0.05) is 34.2 Å². The summed E-state index contributed by atoms with van der Waals surface area (Å²) in [5, 5.41) is 7.78. The quantitative estimate of drug-likeness (QED) is 0.117. The monoisotopic (exact) mass is 602 g/mol. The number of thioether (sulfide) groups is 1. The Morgan fingerprint density at radius 2 is 1.48 bits per heavy atom. The van der Waals surface area contributed by atoms with Gasteiger partial charge in [0.05, 0.1) is 0 Å². The number of carbonyl (C=O) groups is 3. The SMILES string of the molecule is O=C(Nc1cccc(SC(C(=O)Nc2ccc(F)cc2)c2ccccc2)c1)/C(=C/c1cccnc1)NC(=O)c1ccccc1. The Hall–Kier alpha value is -5.54. The highest BCUT2D eigenvalue weighted by Gasteiger charge is 2.23. The molecule has 1 heterocycles. The molecule has 0 aliphatic rings. The van der Waals surface area contributed by atoms with Crippen molar-refractivity contribution >= 4 is 46.9 Å². The van der Waals surface area contributed by atoms with Gasteiger partial charge in [0.15, 0.2) is 0 Å². The Labute approximate surface area is 258 Å². The zero-order valence-electron chi connectivity index (χ0n) is 23.3. The molecule has 4 aromatic carbocycles. The van der Waals surface area contributed by atoms with E-state index in [9.17, 15) is 18.8 Å². The molecule has 1 aromatic heterocycles. The van der Waals surface area contributed by atoms with Crippen LogP contribution >= 0.6 is 11.8 Å². The minimum Gasteiger partial charge on any atom is -0.325 e. The lowest BCUT2D eigenvalue weighted by Crippen LogP contribution is -2.30. The molecule has 0 radical (unpaired) electrons. The molecule has 9 heteroatoms. The summed E-state index contributed by atoms with van der Waals surface area (Å²) in [6.45, 7) is 0. The van der Waals surface area contributed by atoms with Gasteiger partial charge in [-0.25, -0.2) is 4.39 Å². The van der Waals surface area contributed by atoms with E-state index >= 15 is 0 Å². The number of benzene rings is 4. The average molecular weight is 603 g/mol. The molecule has 1 unspecified atom stereocenters. The van der Waals surface area contributed by atoms with Gasteiger partial charge >= 0.3 is 0 Å². The fourth-order valence-corrected chi connectivity index (χ4v) is 5.28. The lowest BCUT2D eigenvalue weighted by molar-refractivity contribution is -0.116. The maximum absolute atomic E-state index is 13.5. The van der Waals surface area contributed by atoms with Crippen molar-refractivity contribution in [2.45, 2.75) is 10.1 Å². The molecular weight excluding hydrogens is 575 g/mol. The summed E-state index contributed by atoms with van der Waals surface area (Å²) in [4.78, 5) is 44.6. The Balaban J connectivity index is 1.36. The molecular formula is C35H27FN4O3S. The van der Waals surface area contributed by atoms with E-state index < -0.39 is 22.9 Å². The Bertz CT molecular complexity index is 1770. The smallest absolute Gasteiger partial charge is 0.272 e. The number of halogens is 1. The summed E-state index contributed by atoms with van der Waals surface area (Å²) in [7, 11) is 0. The second-order valence-electron chi connectivity index (χ2n) is 9.55. The van der Waals surface area contributed by atoms with E-state index in [4.69, 9.17) is 0 Å². The number of carbonyl (C=O) groups excluding carboxylic acids is 3. The number of hydrogen-bond donors (Lipinski definition) is 3. The topological polar surface area (TPSA) is 100 Å². The number of nitrogens with one attached hydrogen (secondary N) is 3. The van der Waals surface area contributed by atoms with E-state index in [0.29, 0.717) is 22.5 Å². The van der Waals surface area contributed by atoms with Crippen LogP contribution in [0.25, 0.3) is 6.08 Å². The number of nitrogens with zero attached hydrogens (tertiary/aromatic N) is 1. The second-order valence-corrected chi connectivity index (χ2v) is 10.7. The molecule has 0 aliphatic carbocycles. The molecule has 5 rings (SSSR count). The number of amides is 3. The first-order valence-electron chi connectivity index (χ1n) is 13.6. The first kappa shape index (κ1) is 29.9. The van der Waals surface area contributed by atoms with Gasteiger partial charge in [-0.3, -0.25) is 19.4 Å². The van der Waals surface area contributed by atoms with E-state index in [0.717, 1.165) is 10.5 Å². The van der Waals surface area contributed by atoms with Gasteiger partial charge in [-0.1, -0.05) is 60.7 Å². The highest BCUT2D eigenvalue weighted by atomic mass is 32.2. The minimum absolute atomic E-state index is 0.0331. The number of rotatable bonds is 10. The summed E-state index contributed by atoms with van der Waals surface area (Å²) >= 11 is 1.30. The van der Waals surface area contributed by atoms with Gasteiger partial charge in [-0.15, -0.1) is 11.8 Å². The molecule has 44 heavy (non-hydrogen) atoms. The van der Waals surface area contributed by atoms with E-state index in [1.54, 1.807) is 79.1 Å². The predicted octanol–water partition coefficient (Wildman–Crippen LogP) is 7.10. The van der Waals surface area contributed by atoms with E-state index in [1.165, 1.54) is 36.0 Å². The van der Waals surface area contributed by atoms with Gasteiger partial charge in [-0.05, 0) is 77.9 Å². The van der Waals surface area contributed by atoms with E-state index in [2.05, 4.69) is 20.9 Å². The Morgan fingerprint density at radius 1 is 0.750 bits per heavy atom. The van der Waals surface area contributed by atoms with Crippen LogP contribution in [0.15, 0.2) is 144 Å². The van der Waals surface area contributed by atoms with Crippen molar-refractivity contribution < 1.29 is 18.8 Å². The summed E-state index contributed by atoms with van der Waals surface area (Å²) in [5.41, 5.74) is 2.79. The van der Waals surface area contributed by atoms with Gasteiger partial charge < -0.3 is 16.0 Å². The molecule has 0 spiro atoms. The van der Waals surface area contributed by atoms with Gasteiger partial charge in [0.1, 0.15) is 16.8 Å². The molecule has 0 bridgehead atoms. The van der Waals surface area contributed by atoms with Crippen LogP contribution in [0.5, 0.6) is 0 Å². The molecule has 0 saturated carbocycles. The molecule has 0 saturated heterocycles. The van der Waals surface area contributed by atoms with Gasteiger partial charge in [0.2, 0.25) is 5.91 Å². The highest BCUT2D eigenvalue weighted by molar-refractivity contribution is 8.00. The Kier molecular flexibility index (Phi) is 9.91. The summed E-state index contributed by atoms with van der Waals surface area (Å²) in [6, 6.07) is 34.0. The van der Waals surface area contributed by atoms with Crippen molar-refractivity contribution in [2.75, 3.05) is 10.6 Å². The fourth-order valence-electron chi connectivity index (χ4n) is 4.19. The number of anilines is 2. The van der Waals surface area contributed by atoms with Crippen LogP contribution in [-0.4, -0.2) is 22.7 Å². The third kappa shape index (κ3) is 8.27. The fraction of sp³-hybridized carbons (Fsp3) is 0.0286. The molecule has 218 valence electrons. The Morgan fingerprint density at radius 3 is 2.18 bits per heavy atom. The lowest BCUT2D eigenvalue weighted by Gasteiger charge is -2.18. The molecule has 3 amide bonds. The summed E-state index contributed by atoms with van der Waals surface area (Å²) in [5.74, 6) is -1.64. The first-order valence-corrected chi connectivity index (χ1v) is 14.5. The molecule has 1 atom stereocenters. The number of pyridine rings is 1. The predicted molar refractivity (Wildman–Crippen MR) is 171 cm³/mol. The van der Waals surface area contributed by atoms with Crippen molar-refractivity contribution in [2.24, 2.45) is 0 Å². The lowest BCUT2D eigenvalue weighted by atomic mass is 10.1. The van der Waals surface area contributed by atoms with Crippen LogP contribution in [0, 0.1) is 5.82 Å². The average Bonchev–Trinajstić information content (AvgIpc) is 3.06. The van der Waals surface area contributed by atoms with Crippen LogP contribution in [0.2, 0.25) is 0 Å². The number of hydrogen-bond acceptors (Lipinski definition) is 5. The highest BCUT2D eigenvalue weighted by Crippen LogP contribution is 2.37. The molecule has 0 aliphatic heterocycles. The van der Waals surface area contributed by atoms with Crippen molar-refractivity contribution in [1.82, 2.24) is 10.3 Å². The maximum Gasteiger partial charge on any atom is 0.272 e. The zero-order chi connectivity index (χ0) is 30.7. The second kappa shape index (κ2) is 14.6. The van der Waals surface area contributed by atoms with E-state index in [1.807, 2.05) is 36.4 Å². The molecule has 0 fully saturated rings. The standard InChI is InChI=1S/C35H27FN4O3S/c36-27-16-18-28(19-17-27)38-35(43)32(25-10-3-1-4-11-25)44-30-15-7-14-29(22-30)39-34(42)31(21-24-9-8-20-37-23-24)40-33(41)26-12-5-2-6-13-26/h1-23,32H,(H,38,43)(H,39,42)(H,40,41)/b31-21-. The summed E-state index contributed by atoms with van der Waals surface area (Å²) in [6.07, 6.45) is 4.75. The third-order valence-corrected chi connectivity index (χ3v) is 7.57. The van der Waals surface area contributed by atoms with Gasteiger partial charge in [-0.2, -0.15) is 0 Å². The van der Waals surface area contributed by atoms with Crippen molar-refractivity contribution in [3.8, 4) is 0 Å². The minimum atomic E-state index is -0.640. The van der Waals surface area contributed by atoms with Crippen molar-refractivity contribution in [3.63, 3.8) is 0 Å². The van der Waals surface area contributed by atoms with Crippen LogP contribution in [0.4, 0.5) is 15.8 Å². The maximum atomic E-state index is 13.5. The van der Waals surface area contributed by atoms with E-state index in [-0.39, 0.29) is 11.6 Å². The molecule has 3 N–H and O–H groups in total. The van der Waals surface area contributed by atoms with Gasteiger partial charge in [0.25, 0.3) is 11.8 Å².